The van der Waals surface area contributed by atoms with Gasteiger partial charge in [0.05, 0.1) is 12.2 Å². The Morgan fingerprint density at radius 2 is 1.89 bits per heavy atom. The summed E-state index contributed by atoms with van der Waals surface area (Å²) in [4.78, 5) is 2.65. The minimum Gasteiger partial charge on any atom is -0.372 e. The third kappa shape index (κ3) is 4.73. The monoisotopic (exact) mass is 268 g/mol. The lowest BCUT2D eigenvalue weighted by atomic mass is 9.94. The van der Waals surface area contributed by atoms with Gasteiger partial charge in [-0.25, -0.2) is 0 Å². The Morgan fingerprint density at radius 1 is 1.11 bits per heavy atom. The predicted molar refractivity (Wildman–Crippen MR) is 80.5 cm³/mol. The molecule has 2 fully saturated rings. The number of piperidine rings is 1. The van der Waals surface area contributed by atoms with Gasteiger partial charge in [-0.2, -0.15) is 0 Å². The number of ether oxygens (including phenoxy) is 1. The Labute approximate surface area is 119 Å². The van der Waals surface area contributed by atoms with Crippen molar-refractivity contribution >= 4 is 0 Å². The lowest BCUT2D eigenvalue weighted by Gasteiger charge is -2.38. The van der Waals surface area contributed by atoms with E-state index < -0.39 is 0 Å². The third-order valence-electron chi connectivity index (χ3n) is 4.68. The number of nitrogens with zero attached hydrogens (tertiary/aromatic N) is 1. The zero-order chi connectivity index (χ0) is 13.7. The molecule has 0 radical (unpaired) electrons. The molecule has 0 aromatic carbocycles. The molecule has 0 aliphatic carbocycles. The molecule has 3 heteroatoms. The van der Waals surface area contributed by atoms with Crippen LogP contribution in [0.15, 0.2) is 0 Å². The first-order chi connectivity index (χ1) is 9.19. The SMILES string of the molecule is CCCNCC1CCC(CN2CC(C)CCC2C)O1. The first kappa shape index (κ1) is 15.3. The smallest absolute Gasteiger partial charge is 0.0707 e. The van der Waals surface area contributed by atoms with Crippen molar-refractivity contribution < 1.29 is 4.74 Å². The van der Waals surface area contributed by atoms with Gasteiger partial charge in [-0.05, 0) is 51.5 Å². The van der Waals surface area contributed by atoms with E-state index in [-0.39, 0.29) is 0 Å². The molecule has 2 heterocycles. The fourth-order valence-electron chi connectivity index (χ4n) is 3.40. The predicted octanol–water partition coefficient (Wildman–Crippen LogP) is 2.65. The molecule has 0 saturated carbocycles. The fraction of sp³-hybridized carbons (Fsp3) is 1.00. The van der Waals surface area contributed by atoms with Crippen LogP contribution in [-0.2, 0) is 4.74 Å². The van der Waals surface area contributed by atoms with Crippen LogP contribution in [0.3, 0.4) is 0 Å². The van der Waals surface area contributed by atoms with Gasteiger partial charge < -0.3 is 10.1 Å². The molecule has 0 amide bonds. The van der Waals surface area contributed by atoms with Crippen molar-refractivity contribution in [3.8, 4) is 0 Å². The van der Waals surface area contributed by atoms with E-state index in [0.29, 0.717) is 12.2 Å². The average molecular weight is 268 g/mol. The van der Waals surface area contributed by atoms with Gasteiger partial charge in [-0.1, -0.05) is 13.8 Å². The van der Waals surface area contributed by atoms with Crippen LogP contribution in [0.2, 0.25) is 0 Å². The van der Waals surface area contributed by atoms with Crippen LogP contribution in [0.1, 0.15) is 52.9 Å². The molecule has 0 bridgehead atoms. The first-order valence-electron chi connectivity index (χ1n) is 8.29. The van der Waals surface area contributed by atoms with Gasteiger partial charge in [0.1, 0.15) is 0 Å². The summed E-state index contributed by atoms with van der Waals surface area (Å²) >= 11 is 0. The van der Waals surface area contributed by atoms with E-state index in [4.69, 9.17) is 4.74 Å². The van der Waals surface area contributed by atoms with E-state index in [2.05, 4.69) is 31.0 Å². The molecule has 2 rings (SSSR count). The Hall–Kier alpha value is -0.120. The Balaban J connectivity index is 1.69. The van der Waals surface area contributed by atoms with Gasteiger partial charge in [0, 0.05) is 25.7 Å². The summed E-state index contributed by atoms with van der Waals surface area (Å²) in [6.45, 7) is 11.5. The van der Waals surface area contributed by atoms with Crippen LogP contribution in [0.5, 0.6) is 0 Å². The molecular weight excluding hydrogens is 236 g/mol. The minimum atomic E-state index is 0.453. The van der Waals surface area contributed by atoms with E-state index in [9.17, 15) is 0 Å². The lowest BCUT2D eigenvalue weighted by molar-refractivity contribution is 0.00375. The van der Waals surface area contributed by atoms with Crippen molar-refractivity contribution in [2.45, 2.75) is 71.1 Å². The highest BCUT2D eigenvalue weighted by Gasteiger charge is 2.30. The molecule has 0 spiro atoms. The molecule has 19 heavy (non-hydrogen) atoms. The Morgan fingerprint density at radius 3 is 2.68 bits per heavy atom. The molecular formula is C16H32N2O. The standard InChI is InChI=1S/C16H32N2O/c1-4-9-17-10-15-7-8-16(19-15)12-18-11-13(2)5-6-14(18)3/h13-17H,4-12H2,1-3H3. The van der Waals surface area contributed by atoms with Crippen molar-refractivity contribution in [3.63, 3.8) is 0 Å². The lowest BCUT2D eigenvalue weighted by Crippen LogP contribution is -2.45. The van der Waals surface area contributed by atoms with Crippen molar-refractivity contribution in [3.05, 3.63) is 0 Å². The maximum absolute atomic E-state index is 6.19. The second-order valence-electron chi connectivity index (χ2n) is 6.65. The molecule has 4 unspecified atom stereocenters. The largest absolute Gasteiger partial charge is 0.372 e. The van der Waals surface area contributed by atoms with Crippen LogP contribution in [-0.4, -0.2) is 49.3 Å². The molecule has 112 valence electrons. The normalized spacial score (nSPS) is 36.8. The highest BCUT2D eigenvalue weighted by atomic mass is 16.5. The molecule has 2 saturated heterocycles. The molecule has 0 aromatic rings. The third-order valence-corrected chi connectivity index (χ3v) is 4.68. The van der Waals surface area contributed by atoms with Gasteiger partial charge >= 0.3 is 0 Å². The molecule has 2 aliphatic heterocycles. The Kier molecular flexibility index (Phi) is 6.11. The summed E-state index contributed by atoms with van der Waals surface area (Å²) in [7, 11) is 0. The van der Waals surface area contributed by atoms with Crippen LogP contribution < -0.4 is 5.32 Å². The van der Waals surface area contributed by atoms with Crippen molar-refractivity contribution in [1.82, 2.24) is 10.2 Å². The number of hydrogen-bond donors (Lipinski definition) is 1. The minimum absolute atomic E-state index is 0.453. The topological polar surface area (TPSA) is 24.5 Å². The second kappa shape index (κ2) is 7.61. The second-order valence-corrected chi connectivity index (χ2v) is 6.65. The Bertz CT molecular complexity index is 259. The quantitative estimate of drug-likeness (QED) is 0.750. The number of likely N-dealkylation sites (tertiary alicyclic amines) is 1. The summed E-state index contributed by atoms with van der Waals surface area (Å²) in [6, 6.07) is 0.747. The van der Waals surface area contributed by atoms with Gasteiger partial charge in [0.2, 0.25) is 0 Å². The highest BCUT2D eigenvalue weighted by molar-refractivity contribution is 4.83. The van der Waals surface area contributed by atoms with Crippen LogP contribution >= 0.6 is 0 Å². The number of hydrogen-bond acceptors (Lipinski definition) is 3. The van der Waals surface area contributed by atoms with Crippen molar-refractivity contribution in [1.29, 1.82) is 0 Å². The zero-order valence-corrected chi connectivity index (χ0v) is 13.0. The summed E-state index contributed by atoms with van der Waals surface area (Å²) in [5.41, 5.74) is 0. The van der Waals surface area contributed by atoms with Crippen LogP contribution in [0, 0.1) is 5.92 Å². The molecule has 3 nitrogen and oxygen atoms in total. The number of nitrogens with one attached hydrogen (secondary N) is 1. The summed E-state index contributed by atoms with van der Waals surface area (Å²) in [5.74, 6) is 0.861. The first-order valence-corrected chi connectivity index (χ1v) is 8.29. The molecule has 0 aromatic heterocycles. The molecule has 4 atom stereocenters. The maximum atomic E-state index is 6.19. The van der Waals surface area contributed by atoms with Gasteiger partial charge in [0.25, 0.3) is 0 Å². The van der Waals surface area contributed by atoms with Gasteiger partial charge in [-0.3, -0.25) is 4.90 Å². The van der Waals surface area contributed by atoms with Gasteiger partial charge in [-0.15, -0.1) is 0 Å². The van der Waals surface area contributed by atoms with E-state index in [1.54, 1.807) is 0 Å². The highest BCUT2D eigenvalue weighted by Crippen LogP contribution is 2.25. The van der Waals surface area contributed by atoms with Gasteiger partial charge in [0.15, 0.2) is 0 Å². The van der Waals surface area contributed by atoms with Crippen molar-refractivity contribution in [2.24, 2.45) is 5.92 Å². The number of rotatable bonds is 6. The summed E-state index contributed by atoms with van der Waals surface area (Å²) in [6.07, 6.45) is 7.37. The zero-order valence-electron chi connectivity index (χ0n) is 13.0. The van der Waals surface area contributed by atoms with Crippen molar-refractivity contribution in [2.75, 3.05) is 26.2 Å². The van der Waals surface area contributed by atoms with Crippen LogP contribution in [0.4, 0.5) is 0 Å². The van der Waals surface area contributed by atoms with E-state index in [1.165, 1.54) is 38.6 Å². The van der Waals surface area contributed by atoms with E-state index >= 15 is 0 Å². The van der Waals surface area contributed by atoms with E-state index in [1.807, 2.05) is 0 Å². The summed E-state index contributed by atoms with van der Waals surface area (Å²) in [5, 5.41) is 3.48. The van der Waals surface area contributed by atoms with Crippen LogP contribution in [0.25, 0.3) is 0 Å². The summed E-state index contributed by atoms with van der Waals surface area (Å²) < 4.78 is 6.19. The molecule has 1 N–H and O–H groups in total. The molecule has 2 aliphatic rings. The fourth-order valence-corrected chi connectivity index (χ4v) is 3.40. The maximum Gasteiger partial charge on any atom is 0.0707 e. The average Bonchev–Trinajstić information content (AvgIpc) is 2.82. The van der Waals surface area contributed by atoms with E-state index in [0.717, 1.165) is 31.6 Å².